The summed E-state index contributed by atoms with van der Waals surface area (Å²) in [5.41, 5.74) is 7.44. The molecular weight excluding hydrogens is 190 g/mol. The molecule has 0 heterocycles. The highest BCUT2D eigenvalue weighted by molar-refractivity contribution is 5.74. The van der Waals surface area contributed by atoms with Crippen molar-refractivity contribution in [2.24, 2.45) is 0 Å². The molecule has 1 aromatic carbocycles. The van der Waals surface area contributed by atoms with E-state index in [2.05, 4.69) is 5.32 Å². The summed E-state index contributed by atoms with van der Waals surface area (Å²) in [6.45, 7) is 1.91. The van der Waals surface area contributed by atoms with Gasteiger partial charge >= 0.3 is 6.03 Å². The molecular formula is C11H17N3O. The highest BCUT2D eigenvalue weighted by Gasteiger charge is 2.12. The van der Waals surface area contributed by atoms with E-state index in [1.54, 1.807) is 14.1 Å². The predicted molar refractivity (Wildman–Crippen MR) is 61.5 cm³/mol. The Kier molecular flexibility index (Phi) is 3.55. The molecule has 4 heteroatoms. The van der Waals surface area contributed by atoms with Crippen LogP contribution >= 0.6 is 0 Å². The number of amides is 2. The first-order valence-electron chi connectivity index (χ1n) is 4.84. The number of hydrogen-bond donors (Lipinski definition) is 2. The minimum atomic E-state index is -0.120. The Morgan fingerprint density at radius 3 is 2.53 bits per heavy atom. The first-order chi connectivity index (χ1) is 7.02. The molecule has 0 fully saturated rings. The first-order valence-corrected chi connectivity index (χ1v) is 4.84. The summed E-state index contributed by atoms with van der Waals surface area (Å²) in [6.07, 6.45) is 0. The van der Waals surface area contributed by atoms with Crippen molar-refractivity contribution in [1.29, 1.82) is 0 Å². The smallest absolute Gasteiger partial charge is 0.317 e. The maximum atomic E-state index is 11.4. The van der Waals surface area contributed by atoms with Gasteiger partial charge in [-0.25, -0.2) is 4.79 Å². The summed E-state index contributed by atoms with van der Waals surface area (Å²) in [6, 6.07) is 7.32. The number of urea groups is 1. The van der Waals surface area contributed by atoms with Gasteiger partial charge in [-0.1, -0.05) is 18.2 Å². The number of nitrogens with one attached hydrogen (secondary N) is 1. The van der Waals surface area contributed by atoms with Crippen LogP contribution in [0, 0.1) is 0 Å². The third-order valence-electron chi connectivity index (χ3n) is 2.21. The van der Waals surface area contributed by atoms with E-state index >= 15 is 0 Å². The van der Waals surface area contributed by atoms with Crippen LogP contribution in [-0.4, -0.2) is 25.0 Å². The summed E-state index contributed by atoms with van der Waals surface area (Å²) in [5, 5.41) is 2.84. The zero-order valence-electron chi connectivity index (χ0n) is 9.32. The largest absolute Gasteiger partial charge is 0.398 e. The lowest BCUT2D eigenvalue weighted by Gasteiger charge is -2.19. The molecule has 0 saturated carbocycles. The van der Waals surface area contributed by atoms with Gasteiger partial charge in [0.15, 0.2) is 0 Å². The number of carbonyl (C=O) groups excluding carboxylic acids is 1. The molecule has 1 rings (SSSR count). The molecule has 0 saturated heterocycles. The Morgan fingerprint density at radius 2 is 2.00 bits per heavy atom. The van der Waals surface area contributed by atoms with Crippen LogP contribution < -0.4 is 11.1 Å². The number of para-hydroxylation sites is 1. The number of nitrogens with two attached hydrogens (primary N) is 1. The zero-order valence-corrected chi connectivity index (χ0v) is 9.32. The normalized spacial score (nSPS) is 11.9. The average molecular weight is 207 g/mol. The standard InChI is InChI=1S/C11H17N3O/c1-8(13-11(15)14(2)3)9-6-4-5-7-10(9)12/h4-8H,12H2,1-3H3,(H,13,15). The van der Waals surface area contributed by atoms with Gasteiger partial charge < -0.3 is 16.0 Å². The molecule has 82 valence electrons. The number of carbonyl (C=O) groups is 1. The first kappa shape index (κ1) is 11.4. The third kappa shape index (κ3) is 2.87. The average Bonchev–Trinajstić information content (AvgIpc) is 2.18. The summed E-state index contributed by atoms with van der Waals surface area (Å²) < 4.78 is 0. The fourth-order valence-corrected chi connectivity index (χ4v) is 1.30. The lowest BCUT2D eigenvalue weighted by atomic mass is 10.1. The van der Waals surface area contributed by atoms with E-state index in [-0.39, 0.29) is 12.1 Å². The van der Waals surface area contributed by atoms with Crippen LogP contribution in [0.1, 0.15) is 18.5 Å². The second-order valence-corrected chi connectivity index (χ2v) is 3.69. The lowest BCUT2D eigenvalue weighted by Crippen LogP contribution is -2.36. The molecule has 15 heavy (non-hydrogen) atoms. The van der Waals surface area contributed by atoms with Gasteiger partial charge in [0.05, 0.1) is 6.04 Å². The van der Waals surface area contributed by atoms with E-state index < -0.39 is 0 Å². The van der Waals surface area contributed by atoms with E-state index in [0.29, 0.717) is 5.69 Å². The minimum Gasteiger partial charge on any atom is -0.398 e. The van der Waals surface area contributed by atoms with Crippen molar-refractivity contribution < 1.29 is 4.79 Å². The van der Waals surface area contributed by atoms with E-state index in [9.17, 15) is 4.79 Å². The summed E-state index contributed by atoms with van der Waals surface area (Å²) in [7, 11) is 3.41. The summed E-state index contributed by atoms with van der Waals surface area (Å²) in [4.78, 5) is 12.9. The molecule has 1 unspecified atom stereocenters. The molecule has 1 atom stereocenters. The molecule has 2 amide bonds. The number of nitrogen functional groups attached to an aromatic ring is 1. The van der Waals surface area contributed by atoms with E-state index in [1.807, 2.05) is 31.2 Å². The number of nitrogens with zero attached hydrogens (tertiary/aromatic N) is 1. The second-order valence-electron chi connectivity index (χ2n) is 3.69. The highest BCUT2D eigenvalue weighted by Crippen LogP contribution is 2.19. The van der Waals surface area contributed by atoms with Gasteiger partial charge in [0.1, 0.15) is 0 Å². The topological polar surface area (TPSA) is 58.4 Å². The number of rotatable bonds is 2. The summed E-state index contributed by atoms with van der Waals surface area (Å²) >= 11 is 0. The Hall–Kier alpha value is -1.71. The van der Waals surface area contributed by atoms with Crippen LogP contribution in [0.25, 0.3) is 0 Å². The van der Waals surface area contributed by atoms with Gasteiger partial charge in [-0.3, -0.25) is 0 Å². The van der Waals surface area contributed by atoms with Gasteiger partial charge in [0, 0.05) is 19.8 Å². The monoisotopic (exact) mass is 207 g/mol. The van der Waals surface area contributed by atoms with Crippen molar-refractivity contribution in [2.45, 2.75) is 13.0 Å². The lowest BCUT2D eigenvalue weighted by molar-refractivity contribution is 0.214. The van der Waals surface area contributed by atoms with Crippen LogP contribution in [0.3, 0.4) is 0 Å². The maximum Gasteiger partial charge on any atom is 0.317 e. The molecule has 0 radical (unpaired) electrons. The molecule has 0 aliphatic heterocycles. The molecule has 3 N–H and O–H groups in total. The molecule has 1 aromatic rings. The Bertz CT molecular complexity index is 349. The molecule has 4 nitrogen and oxygen atoms in total. The highest BCUT2D eigenvalue weighted by atomic mass is 16.2. The Labute approximate surface area is 90.1 Å². The van der Waals surface area contributed by atoms with Crippen LogP contribution in [0.4, 0.5) is 10.5 Å². The van der Waals surface area contributed by atoms with Crippen molar-refractivity contribution >= 4 is 11.7 Å². The molecule has 0 bridgehead atoms. The second kappa shape index (κ2) is 4.68. The minimum absolute atomic E-state index is 0.0823. The summed E-state index contributed by atoms with van der Waals surface area (Å²) in [5.74, 6) is 0. The fraction of sp³-hybridized carbons (Fsp3) is 0.364. The SMILES string of the molecule is CC(NC(=O)N(C)C)c1ccccc1N. The Balaban J connectivity index is 2.73. The van der Waals surface area contributed by atoms with E-state index in [4.69, 9.17) is 5.73 Å². The fourth-order valence-electron chi connectivity index (χ4n) is 1.30. The molecule has 0 aromatic heterocycles. The quantitative estimate of drug-likeness (QED) is 0.724. The van der Waals surface area contributed by atoms with Gasteiger partial charge in [-0.05, 0) is 18.6 Å². The maximum absolute atomic E-state index is 11.4. The van der Waals surface area contributed by atoms with Gasteiger partial charge in [0.25, 0.3) is 0 Å². The predicted octanol–water partition coefficient (Wildman–Crippen LogP) is 1.60. The molecule has 0 spiro atoms. The number of hydrogen-bond acceptors (Lipinski definition) is 2. The van der Waals surface area contributed by atoms with Crippen molar-refractivity contribution in [3.8, 4) is 0 Å². The van der Waals surface area contributed by atoms with Crippen molar-refractivity contribution in [1.82, 2.24) is 10.2 Å². The van der Waals surface area contributed by atoms with Gasteiger partial charge in [-0.2, -0.15) is 0 Å². The molecule has 0 aliphatic carbocycles. The van der Waals surface area contributed by atoms with Gasteiger partial charge in [-0.15, -0.1) is 0 Å². The van der Waals surface area contributed by atoms with Gasteiger partial charge in [0.2, 0.25) is 0 Å². The number of anilines is 1. The van der Waals surface area contributed by atoms with Crippen molar-refractivity contribution in [3.05, 3.63) is 29.8 Å². The van der Waals surface area contributed by atoms with Crippen LogP contribution in [-0.2, 0) is 0 Å². The molecule has 0 aliphatic rings. The number of benzene rings is 1. The van der Waals surface area contributed by atoms with Crippen LogP contribution in [0.5, 0.6) is 0 Å². The van der Waals surface area contributed by atoms with Crippen molar-refractivity contribution in [2.75, 3.05) is 19.8 Å². The van der Waals surface area contributed by atoms with Crippen molar-refractivity contribution in [3.63, 3.8) is 0 Å². The third-order valence-corrected chi connectivity index (χ3v) is 2.21. The van der Waals surface area contributed by atoms with E-state index in [0.717, 1.165) is 5.56 Å². The van der Waals surface area contributed by atoms with E-state index in [1.165, 1.54) is 4.90 Å². The Morgan fingerprint density at radius 1 is 1.40 bits per heavy atom. The zero-order chi connectivity index (χ0) is 11.4. The van der Waals surface area contributed by atoms with Crippen LogP contribution in [0.2, 0.25) is 0 Å². The van der Waals surface area contributed by atoms with Crippen LogP contribution in [0.15, 0.2) is 24.3 Å².